The van der Waals surface area contributed by atoms with Crippen LogP contribution in [0.1, 0.15) is 25.0 Å². The Morgan fingerprint density at radius 3 is 1.86 bits per heavy atom. The third-order valence-electron chi connectivity index (χ3n) is 10.9. The normalized spacial score (nSPS) is 13.1. The van der Waals surface area contributed by atoms with Gasteiger partial charge in [-0.2, -0.15) is 0 Å². The van der Waals surface area contributed by atoms with Crippen LogP contribution in [0.3, 0.4) is 0 Å². The third kappa shape index (κ3) is 4.71. The van der Waals surface area contributed by atoms with Gasteiger partial charge in [-0.05, 0) is 83.9 Å². The molecule has 1 aromatic heterocycles. The van der Waals surface area contributed by atoms with Gasteiger partial charge in [0.2, 0.25) is 0 Å². The molecule has 2 nitrogen and oxygen atoms in total. The first-order valence-electron chi connectivity index (χ1n) is 17.7. The monoisotopic (exact) mass is 650 g/mol. The van der Waals surface area contributed by atoms with Gasteiger partial charge in [0.05, 0.1) is 11.4 Å². The van der Waals surface area contributed by atoms with E-state index in [-0.39, 0.29) is 5.41 Å². The highest BCUT2D eigenvalue weighted by atomic mass is 14.9. The predicted molar refractivity (Wildman–Crippen MR) is 214 cm³/mol. The summed E-state index contributed by atoms with van der Waals surface area (Å²) in [6.07, 6.45) is 0. The summed E-state index contributed by atoms with van der Waals surface area (Å²) in [6.45, 7) is 4.66. The van der Waals surface area contributed by atoms with Crippen molar-refractivity contribution < 1.29 is 0 Å². The molecule has 0 saturated heterocycles. The van der Waals surface area contributed by atoms with Crippen molar-refractivity contribution in [2.24, 2.45) is 0 Å². The van der Waals surface area contributed by atoms with Crippen LogP contribution in [-0.2, 0) is 5.41 Å². The first kappa shape index (κ1) is 29.5. The molecule has 0 saturated carbocycles. The van der Waals surface area contributed by atoms with E-state index in [4.69, 9.17) is 9.97 Å². The fraction of sp³-hybridized carbons (Fsp3) is 0.0612. The number of benzene rings is 8. The number of fused-ring (bicyclic) bond motifs is 7. The number of hydrogen-bond donors (Lipinski definition) is 0. The van der Waals surface area contributed by atoms with E-state index < -0.39 is 0 Å². The summed E-state index contributed by atoms with van der Waals surface area (Å²) >= 11 is 0. The molecule has 51 heavy (non-hydrogen) atoms. The van der Waals surface area contributed by atoms with Crippen molar-refractivity contribution in [2.75, 3.05) is 0 Å². The molecule has 0 N–H and O–H groups in total. The molecule has 0 aliphatic heterocycles. The van der Waals surface area contributed by atoms with Crippen molar-refractivity contribution in [3.8, 4) is 56.2 Å². The molecule has 0 atom stereocenters. The molecule has 1 aliphatic rings. The van der Waals surface area contributed by atoms with Crippen LogP contribution in [0.25, 0.3) is 88.5 Å². The summed E-state index contributed by atoms with van der Waals surface area (Å²) < 4.78 is 0. The number of rotatable bonds is 4. The topological polar surface area (TPSA) is 25.8 Å². The summed E-state index contributed by atoms with van der Waals surface area (Å²) in [4.78, 5) is 10.5. The summed E-state index contributed by atoms with van der Waals surface area (Å²) in [7, 11) is 0. The van der Waals surface area contributed by atoms with Gasteiger partial charge >= 0.3 is 0 Å². The summed E-state index contributed by atoms with van der Waals surface area (Å²) in [5, 5.41) is 7.27. The second-order valence-corrected chi connectivity index (χ2v) is 14.2. The lowest BCUT2D eigenvalue weighted by atomic mass is 9.82. The second-order valence-electron chi connectivity index (χ2n) is 14.2. The van der Waals surface area contributed by atoms with E-state index in [0.29, 0.717) is 5.82 Å². The molecule has 1 heterocycles. The molecule has 0 bridgehead atoms. The van der Waals surface area contributed by atoms with Crippen molar-refractivity contribution in [3.63, 3.8) is 0 Å². The van der Waals surface area contributed by atoms with E-state index in [2.05, 4.69) is 178 Å². The van der Waals surface area contributed by atoms with Gasteiger partial charge in [-0.1, -0.05) is 166 Å². The molecule has 0 spiro atoms. The molecule has 8 aromatic carbocycles. The van der Waals surface area contributed by atoms with Crippen LogP contribution >= 0.6 is 0 Å². The largest absolute Gasteiger partial charge is 0.228 e. The molecule has 1 aliphatic carbocycles. The zero-order valence-corrected chi connectivity index (χ0v) is 28.6. The van der Waals surface area contributed by atoms with Gasteiger partial charge in [0.1, 0.15) is 0 Å². The minimum atomic E-state index is -0.00199. The molecule has 0 radical (unpaired) electrons. The van der Waals surface area contributed by atoms with Gasteiger partial charge < -0.3 is 0 Å². The highest BCUT2D eigenvalue weighted by molar-refractivity contribution is 6.19. The second kappa shape index (κ2) is 11.3. The Hall–Kier alpha value is -6.38. The highest BCUT2D eigenvalue weighted by Crippen LogP contribution is 2.49. The number of aromatic nitrogens is 2. The smallest absolute Gasteiger partial charge is 0.160 e. The van der Waals surface area contributed by atoms with Gasteiger partial charge in [0, 0.05) is 22.1 Å². The Morgan fingerprint density at radius 1 is 0.373 bits per heavy atom. The Balaban J connectivity index is 1.14. The minimum absolute atomic E-state index is 0.00199. The Labute approximate surface area is 297 Å². The van der Waals surface area contributed by atoms with Gasteiger partial charge in [-0.3, -0.25) is 0 Å². The SMILES string of the molecule is CC1(C)c2ccccc2-c2cc(-c3ccc(-c4cc(-c5c6ccccc6cc6c5ccc5ccccc56)nc(-c5ccccc5)n4)cc3)ccc21. The minimum Gasteiger partial charge on any atom is -0.228 e. The van der Waals surface area contributed by atoms with Crippen LogP contribution in [0.15, 0.2) is 170 Å². The van der Waals surface area contributed by atoms with Crippen molar-refractivity contribution in [3.05, 3.63) is 181 Å². The van der Waals surface area contributed by atoms with Gasteiger partial charge in [0.15, 0.2) is 5.82 Å². The van der Waals surface area contributed by atoms with Crippen molar-refractivity contribution in [1.82, 2.24) is 9.97 Å². The summed E-state index contributed by atoms with van der Waals surface area (Å²) in [5.41, 5.74) is 12.9. The van der Waals surface area contributed by atoms with Crippen LogP contribution in [0.5, 0.6) is 0 Å². The van der Waals surface area contributed by atoms with Gasteiger partial charge in [0.25, 0.3) is 0 Å². The van der Waals surface area contributed by atoms with Crippen LogP contribution in [0.2, 0.25) is 0 Å². The van der Waals surface area contributed by atoms with Gasteiger partial charge in [-0.25, -0.2) is 9.97 Å². The molecule has 240 valence electrons. The maximum absolute atomic E-state index is 5.30. The molecule has 0 unspecified atom stereocenters. The molecular formula is C49H34N2. The third-order valence-corrected chi connectivity index (χ3v) is 10.9. The fourth-order valence-electron chi connectivity index (χ4n) is 8.27. The Bertz CT molecular complexity index is 2810. The van der Waals surface area contributed by atoms with Crippen molar-refractivity contribution in [1.29, 1.82) is 0 Å². The van der Waals surface area contributed by atoms with E-state index >= 15 is 0 Å². The quantitative estimate of drug-likeness (QED) is 0.140. The van der Waals surface area contributed by atoms with Crippen LogP contribution in [0.4, 0.5) is 0 Å². The number of hydrogen-bond acceptors (Lipinski definition) is 2. The zero-order valence-electron chi connectivity index (χ0n) is 28.6. The maximum atomic E-state index is 5.30. The standard InChI is InChI=1S/C49H34N2/c1-49(2)43-19-11-10-18-39(43)42-28-35(25-27-44(42)49)31-20-22-33(23-21-31)45-30-46(51-48(50-45)34-13-4-3-5-14-34)47-38-17-9-7-15-36(38)29-41-37-16-8-6-12-32(37)24-26-40(41)47/h3-30H,1-2H3. The first-order chi connectivity index (χ1) is 25.0. The van der Waals surface area contributed by atoms with Gasteiger partial charge in [-0.15, -0.1) is 0 Å². The van der Waals surface area contributed by atoms with Crippen molar-refractivity contribution >= 4 is 32.3 Å². The van der Waals surface area contributed by atoms with E-state index in [0.717, 1.165) is 28.1 Å². The van der Waals surface area contributed by atoms with Crippen LogP contribution < -0.4 is 0 Å². The fourth-order valence-corrected chi connectivity index (χ4v) is 8.27. The van der Waals surface area contributed by atoms with Crippen LogP contribution in [-0.4, -0.2) is 9.97 Å². The first-order valence-corrected chi connectivity index (χ1v) is 17.7. The predicted octanol–water partition coefficient (Wildman–Crippen LogP) is 12.9. The molecule has 0 fully saturated rings. The molecule has 9 aromatic rings. The lowest BCUT2D eigenvalue weighted by molar-refractivity contribution is 0.660. The molecule has 0 amide bonds. The molecule has 10 rings (SSSR count). The van der Waals surface area contributed by atoms with E-state index in [1.54, 1.807) is 0 Å². The van der Waals surface area contributed by atoms with Crippen molar-refractivity contribution in [2.45, 2.75) is 19.3 Å². The highest BCUT2D eigenvalue weighted by Gasteiger charge is 2.35. The zero-order chi connectivity index (χ0) is 34.1. The summed E-state index contributed by atoms with van der Waals surface area (Å²) in [5.74, 6) is 0.717. The van der Waals surface area contributed by atoms with E-state index in [1.165, 1.54) is 65.7 Å². The van der Waals surface area contributed by atoms with Crippen LogP contribution in [0, 0.1) is 0 Å². The Morgan fingerprint density at radius 2 is 1.02 bits per heavy atom. The maximum Gasteiger partial charge on any atom is 0.160 e. The lowest BCUT2D eigenvalue weighted by Crippen LogP contribution is -2.14. The molecule has 2 heteroatoms. The average molecular weight is 651 g/mol. The average Bonchev–Trinajstić information content (AvgIpc) is 3.42. The number of nitrogens with zero attached hydrogens (tertiary/aromatic N) is 2. The van der Waals surface area contributed by atoms with E-state index in [9.17, 15) is 0 Å². The lowest BCUT2D eigenvalue weighted by Gasteiger charge is -2.21. The summed E-state index contributed by atoms with van der Waals surface area (Å²) in [6, 6.07) is 61.3. The Kier molecular flexibility index (Phi) is 6.56. The molecular weight excluding hydrogens is 617 g/mol. The van der Waals surface area contributed by atoms with E-state index in [1.807, 2.05) is 6.07 Å².